The molecule has 0 spiro atoms. The van der Waals surface area contributed by atoms with Gasteiger partial charge in [0.1, 0.15) is 5.75 Å². The highest BCUT2D eigenvalue weighted by molar-refractivity contribution is 5.67. The minimum Gasteiger partial charge on any atom is -0.493 e. The van der Waals surface area contributed by atoms with Crippen LogP contribution >= 0.6 is 0 Å². The normalized spacial score (nSPS) is 14.4. The van der Waals surface area contributed by atoms with Crippen LogP contribution in [-0.2, 0) is 0 Å². The van der Waals surface area contributed by atoms with Crippen LogP contribution in [0.1, 0.15) is 36.8 Å². The van der Waals surface area contributed by atoms with Gasteiger partial charge in [-0.05, 0) is 68.0 Å². The third kappa shape index (κ3) is 3.98. The van der Waals surface area contributed by atoms with E-state index in [1.807, 2.05) is 56.3 Å². The van der Waals surface area contributed by atoms with Gasteiger partial charge in [0.2, 0.25) is 0 Å². The lowest BCUT2D eigenvalue weighted by molar-refractivity contribution is 0.252. The second-order valence-electron chi connectivity index (χ2n) is 7.54. The van der Waals surface area contributed by atoms with Crippen LogP contribution in [0.15, 0.2) is 42.5 Å². The molecule has 0 saturated heterocycles. The van der Waals surface area contributed by atoms with E-state index < -0.39 is 0 Å². The van der Waals surface area contributed by atoms with Crippen molar-refractivity contribution >= 4 is 0 Å². The van der Waals surface area contributed by atoms with Crippen molar-refractivity contribution in [2.75, 3.05) is 6.61 Å². The Morgan fingerprint density at radius 1 is 0.893 bits per heavy atom. The summed E-state index contributed by atoms with van der Waals surface area (Å²) in [5, 5.41) is 10.1. The highest BCUT2D eigenvalue weighted by Crippen LogP contribution is 2.29. The smallest absolute Gasteiger partial charge is 0.318 e. The van der Waals surface area contributed by atoms with Gasteiger partial charge >= 0.3 is 6.01 Å². The van der Waals surface area contributed by atoms with Crippen molar-refractivity contribution in [3.63, 3.8) is 0 Å². The molecule has 1 fully saturated rings. The summed E-state index contributed by atoms with van der Waals surface area (Å²) in [7, 11) is 0. The molecule has 1 aliphatic carbocycles. The molecule has 4 rings (SSSR count). The minimum atomic E-state index is -0.274. The summed E-state index contributed by atoms with van der Waals surface area (Å²) >= 11 is 0. The lowest BCUT2D eigenvalue weighted by Gasteiger charge is -2.12. The molecular weight excluding hydrogens is 350 g/mol. The van der Waals surface area contributed by atoms with Crippen molar-refractivity contribution in [2.45, 2.75) is 39.5 Å². The van der Waals surface area contributed by atoms with E-state index >= 15 is 0 Å². The third-order valence-corrected chi connectivity index (χ3v) is 5.40. The molecule has 1 saturated carbocycles. The fourth-order valence-electron chi connectivity index (χ4n) is 3.86. The molecule has 144 valence electrons. The van der Waals surface area contributed by atoms with Gasteiger partial charge in [0.25, 0.3) is 0 Å². The van der Waals surface area contributed by atoms with Gasteiger partial charge in [0, 0.05) is 11.1 Å². The van der Waals surface area contributed by atoms with E-state index in [0.29, 0.717) is 17.6 Å². The van der Waals surface area contributed by atoms with Crippen molar-refractivity contribution in [1.82, 2.24) is 15.0 Å². The molecule has 5 nitrogen and oxygen atoms in total. The van der Waals surface area contributed by atoms with Crippen LogP contribution < -0.4 is 4.74 Å². The van der Waals surface area contributed by atoms with E-state index in [1.165, 1.54) is 25.7 Å². The molecule has 5 heteroatoms. The number of ether oxygens (including phenoxy) is 1. The summed E-state index contributed by atoms with van der Waals surface area (Å²) in [6.45, 7) is 4.81. The molecule has 1 aliphatic rings. The van der Waals surface area contributed by atoms with Gasteiger partial charge in [-0.15, -0.1) is 0 Å². The van der Waals surface area contributed by atoms with Crippen molar-refractivity contribution < 1.29 is 9.84 Å². The van der Waals surface area contributed by atoms with Crippen molar-refractivity contribution in [1.29, 1.82) is 0 Å². The largest absolute Gasteiger partial charge is 0.493 e. The lowest BCUT2D eigenvalue weighted by Crippen LogP contribution is -2.07. The number of nitrogens with zero attached hydrogens (tertiary/aromatic N) is 3. The fraction of sp³-hybridized carbons (Fsp3) is 0.348. The highest BCUT2D eigenvalue weighted by atomic mass is 16.5. The number of aryl methyl sites for hydroxylation is 2. The standard InChI is InChI=1S/C23H25N3O2/c1-15-6-5-7-16(2)20(15)22-24-21(25-23(27)26-22)18-10-12-19(13-11-18)28-14-17-8-3-4-9-17/h5-7,10-13,17H,3-4,8-9,14H2,1-2H3,(H,24,25,26,27). The lowest BCUT2D eigenvalue weighted by atomic mass is 10.0. The molecule has 28 heavy (non-hydrogen) atoms. The monoisotopic (exact) mass is 375 g/mol. The number of rotatable bonds is 5. The second kappa shape index (κ2) is 7.97. The van der Waals surface area contributed by atoms with Crippen LogP contribution in [-0.4, -0.2) is 26.7 Å². The Kier molecular flexibility index (Phi) is 5.24. The van der Waals surface area contributed by atoms with Crippen LogP contribution in [0.25, 0.3) is 22.8 Å². The quantitative estimate of drug-likeness (QED) is 0.672. The fourth-order valence-corrected chi connectivity index (χ4v) is 3.86. The minimum absolute atomic E-state index is 0.274. The maximum Gasteiger partial charge on any atom is 0.318 e. The van der Waals surface area contributed by atoms with Gasteiger partial charge in [-0.1, -0.05) is 31.0 Å². The molecular formula is C23H25N3O2. The molecule has 0 atom stereocenters. The van der Waals surface area contributed by atoms with Gasteiger partial charge in [-0.3, -0.25) is 0 Å². The van der Waals surface area contributed by atoms with Gasteiger partial charge in [0.15, 0.2) is 11.6 Å². The first-order valence-corrected chi connectivity index (χ1v) is 9.85. The third-order valence-electron chi connectivity index (χ3n) is 5.40. The molecule has 1 aromatic heterocycles. The molecule has 0 bridgehead atoms. The first kappa shape index (κ1) is 18.4. The van der Waals surface area contributed by atoms with Gasteiger partial charge in [0.05, 0.1) is 6.61 Å². The summed E-state index contributed by atoms with van der Waals surface area (Å²) in [4.78, 5) is 12.9. The van der Waals surface area contributed by atoms with E-state index in [9.17, 15) is 5.11 Å². The molecule has 0 amide bonds. The van der Waals surface area contributed by atoms with Gasteiger partial charge < -0.3 is 9.84 Å². The van der Waals surface area contributed by atoms with E-state index in [-0.39, 0.29) is 6.01 Å². The topological polar surface area (TPSA) is 68.1 Å². The Morgan fingerprint density at radius 3 is 2.21 bits per heavy atom. The van der Waals surface area contributed by atoms with E-state index in [0.717, 1.165) is 34.6 Å². The maximum atomic E-state index is 10.1. The number of hydrogen-bond acceptors (Lipinski definition) is 5. The second-order valence-corrected chi connectivity index (χ2v) is 7.54. The zero-order valence-corrected chi connectivity index (χ0v) is 16.4. The van der Waals surface area contributed by atoms with E-state index in [4.69, 9.17) is 4.74 Å². The molecule has 0 radical (unpaired) electrons. The average Bonchev–Trinajstić information content (AvgIpc) is 3.20. The number of hydrogen-bond donors (Lipinski definition) is 1. The average molecular weight is 375 g/mol. The Hall–Kier alpha value is -2.95. The maximum absolute atomic E-state index is 10.1. The summed E-state index contributed by atoms with van der Waals surface area (Å²) < 4.78 is 5.93. The SMILES string of the molecule is Cc1cccc(C)c1-c1nc(O)nc(-c2ccc(OCC3CCCC3)cc2)n1. The van der Waals surface area contributed by atoms with Gasteiger partial charge in [-0.25, -0.2) is 4.98 Å². The first-order chi connectivity index (χ1) is 13.6. The van der Waals surface area contributed by atoms with Crippen LogP contribution in [0.3, 0.4) is 0 Å². The summed E-state index contributed by atoms with van der Waals surface area (Å²) in [6.07, 6.45) is 5.17. The number of benzene rings is 2. The number of aromatic hydroxyl groups is 1. The Morgan fingerprint density at radius 2 is 1.54 bits per heavy atom. The Balaban J connectivity index is 1.58. The van der Waals surface area contributed by atoms with Crippen molar-refractivity contribution in [2.24, 2.45) is 5.92 Å². The molecule has 1 heterocycles. The van der Waals surface area contributed by atoms with E-state index in [1.54, 1.807) is 0 Å². The molecule has 2 aromatic carbocycles. The predicted octanol–water partition coefficient (Wildman–Crippen LogP) is 5.10. The predicted molar refractivity (Wildman–Crippen MR) is 109 cm³/mol. The molecule has 0 unspecified atom stereocenters. The van der Waals surface area contributed by atoms with Crippen molar-refractivity contribution in [3.05, 3.63) is 53.6 Å². The van der Waals surface area contributed by atoms with Crippen LogP contribution in [0.2, 0.25) is 0 Å². The first-order valence-electron chi connectivity index (χ1n) is 9.85. The zero-order valence-electron chi connectivity index (χ0n) is 16.4. The number of aromatic nitrogens is 3. The Labute approximate surface area is 165 Å². The molecule has 1 N–H and O–H groups in total. The highest BCUT2D eigenvalue weighted by Gasteiger charge is 2.16. The molecule has 0 aliphatic heterocycles. The van der Waals surface area contributed by atoms with Crippen LogP contribution in [0.4, 0.5) is 0 Å². The summed E-state index contributed by atoms with van der Waals surface area (Å²) in [6, 6.07) is 13.5. The van der Waals surface area contributed by atoms with Gasteiger partial charge in [-0.2, -0.15) is 9.97 Å². The summed E-state index contributed by atoms with van der Waals surface area (Å²) in [5.41, 5.74) is 3.87. The zero-order chi connectivity index (χ0) is 19.5. The van der Waals surface area contributed by atoms with Crippen LogP contribution in [0, 0.1) is 19.8 Å². The van der Waals surface area contributed by atoms with E-state index in [2.05, 4.69) is 15.0 Å². The summed E-state index contributed by atoms with van der Waals surface area (Å²) in [5.74, 6) is 2.47. The Bertz CT molecular complexity index is 944. The molecule has 3 aromatic rings. The van der Waals surface area contributed by atoms with Crippen LogP contribution in [0.5, 0.6) is 11.8 Å². The van der Waals surface area contributed by atoms with Crippen molar-refractivity contribution in [3.8, 4) is 34.5 Å².